The van der Waals surface area contributed by atoms with Crippen LogP contribution >= 0.6 is 0 Å². The SMILES string of the molecule is Cc1ccc(NC(=O)C2CCCN(S(C)(=O)=O)C2)cc1[N+](=O)[O-]. The number of hydrogen-bond acceptors (Lipinski definition) is 5. The maximum Gasteiger partial charge on any atom is 0.274 e. The van der Waals surface area contributed by atoms with Gasteiger partial charge in [0, 0.05) is 30.4 Å². The number of carbonyl (C=O) groups is 1. The van der Waals surface area contributed by atoms with Gasteiger partial charge in [-0.15, -0.1) is 0 Å². The van der Waals surface area contributed by atoms with Crippen molar-refractivity contribution in [3.05, 3.63) is 33.9 Å². The van der Waals surface area contributed by atoms with Gasteiger partial charge >= 0.3 is 0 Å². The number of sulfonamides is 1. The van der Waals surface area contributed by atoms with Crippen molar-refractivity contribution in [2.45, 2.75) is 19.8 Å². The Morgan fingerprint density at radius 2 is 2.13 bits per heavy atom. The third-order valence-electron chi connectivity index (χ3n) is 3.90. The first kappa shape index (κ1) is 17.4. The fraction of sp³-hybridized carbons (Fsp3) is 0.500. The average Bonchev–Trinajstić information content (AvgIpc) is 2.48. The number of nitrogens with one attached hydrogen (secondary N) is 1. The maximum atomic E-state index is 12.3. The molecule has 1 N–H and O–H groups in total. The van der Waals surface area contributed by atoms with Crippen LogP contribution in [0, 0.1) is 23.0 Å². The minimum absolute atomic E-state index is 0.0655. The van der Waals surface area contributed by atoms with E-state index < -0.39 is 20.9 Å². The highest BCUT2D eigenvalue weighted by Gasteiger charge is 2.30. The molecule has 8 nitrogen and oxygen atoms in total. The van der Waals surface area contributed by atoms with Gasteiger partial charge < -0.3 is 5.32 Å². The molecule has 0 aromatic heterocycles. The van der Waals surface area contributed by atoms with Crippen LogP contribution in [0.1, 0.15) is 18.4 Å². The lowest BCUT2D eigenvalue weighted by molar-refractivity contribution is -0.385. The molecule has 1 amide bonds. The van der Waals surface area contributed by atoms with Gasteiger partial charge in [0.05, 0.1) is 17.1 Å². The number of benzene rings is 1. The highest BCUT2D eigenvalue weighted by molar-refractivity contribution is 7.88. The van der Waals surface area contributed by atoms with E-state index in [0.29, 0.717) is 30.6 Å². The van der Waals surface area contributed by atoms with E-state index >= 15 is 0 Å². The highest BCUT2D eigenvalue weighted by atomic mass is 32.2. The second kappa shape index (κ2) is 6.63. The number of rotatable bonds is 4. The number of nitro groups is 1. The molecule has 126 valence electrons. The van der Waals surface area contributed by atoms with Gasteiger partial charge in [0.25, 0.3) is 5.69 Å². The summed E-state index contributed by atoms with van der Waals surface area (Å²) in [5.41, 5.74) is 0.780. The van der Waals surface area contributed by atoms with Gasteiger partial charge in [-0.3, -0.25) is 14.9 Å². The molecule has 2 rings (SSSR count). The standard InChI is InChI=1S/C14H19N3O5S/c1-10-5-6-12(8-13(10)17(19)20)15-14(18)11-4-3-7-16(9-11)23(2,21)22/h5-6,8,11H,3-4,7,9H2,1-2H3,(H,15,18). The Morgan fingerprint density at radius 3 is 2.74 bits per heavy atom. The average molecular weight is 341 g/mol. The molecule has 9 heteroatoms. The van der Waals surface area contributed by atoms with E-state index in [1.165, 1.54) is 10.4 Å². The maximum absolute atomic E-state index is 12.3. The van der Waals surface area contributed by atoms with Crippen LogP contribution in [0.15, 0.2) is 18.2 Å². The lowest BCUT2D eigenvalue weighted by Crippen LogP contribution is -2.43. The molecule has 0 aliphatic carbocycles. The van der Waals surface area contributed by atoms with Gasteiger partial charge in [0.15, 0.2) is 0 Å². The lowest BCUT2D eigenvalue weighted by Gasteiger charge is -2.30. The summed E-state index contributed by atoms with van der Waals surface area (Å²) < 4.78 is 24.5. The van der Waals surface area contributed by atoms with Crippen molar-refractivity contribution in [2.24, 2.45) is 5.92 Å². The molecule has 1 aliphatic heterocycles. The molecule has 1 aromatic rings. The van der Waals surface area contributed by atoms with Crippen molar-refractivity contribution in [2.75, 3.05) is 24.7 Å². The molecule has 1 aromatic carbocycles. The second-order valence-electron chi connectivity index (χ2n) is 5.71. The molecule has 1 heterocycles. The Labute approximate surface area is 134 Å². The van der Waals surface area contributed by atoms with Gasteiger partial charge in [0.1, 0.15) is 0 Å². The van der Waals surface area contributed by atoms with Crippen molar-refractivity contribution in [1.82, 2.24) is 4.31 Å². The first-order chi connectivity index (χ1) is 10.7. The zero-order chi connectivity index (χ0) is 17.2. The summed E-state index contributed by atoms with van der Waals surface area (Å²) in [6.07, 6.45) is 2.32. The molecular formula is C14H19N3O5S. The van der Waals surface area contributed by atoms with E-state index in [4.69, 9.17) is 0 Å². The largest absolute Gasteiger partial charge is 0.326 e. The number of hydrogen-bond donors (Lipinski definition) is 1. The summed E-state index contributed by atoms with van der Waals surface area (Å²) in [4.78, 5) is 22.7. The second-order valence-corrected chi connectivity index (χ2v) is 7.69. The predicted molar refractivity (Wildman–Crippen MR) is 85.6 cm³/mol. The first-order valence-electron chi connectivity index (χ1n) is 7.19. The van der Waals surface area contributed by atoms with Crippen molar-refractivity contribution in [3.63, 3.8) is 0 Å². The fourth-order valence-electron chi connectivity index (χ4n) is 2.59. The summed E-state index contributed by atoms with van der Waals surface area (Å²) in [6.45, 7) is 2.17. The summed E-state index contributed by atoms with van der Waals surface area (Å²) in [5.74, 6) is -0.782. The predicted octanol–water partition coefficient (Wildman–Crippen LogP) is 1.51. The molecule has 0 radical (unpaired) electrons. The van der Waals surface area contributed by atoms with Crippen molar-refractivity contribution in [1.29, 1.82) is 0 Å². The van der Waals surface area contributed by atoms with Gasteiger partial charge in [-0.25, -0.2) is 12.7 Å². The topological polar surface area (TPSA) is 110 Å². The zero-order valence-corrected chi connectivity index (χ0v) is 13.8. The molecule has 0 bridgehead atoms. The Bertz CT molecular complexity index is 732. The first-order valence-corrected chi connectivity index (χ1v) is 9.04. The van der Waals surface area contributed by atoms with Crippen LogP contribution in [-0.4, -0.2) is 42.9 Å². The molecule has 1 fully saturated rings. The van der Waals surface area contributed by atoms with Crippen molar-refractivity contribution >= 4 is 27.3 Å². The van der Waals surface area contributed by atoms with Crippen LogP contribution in [0.4, 0.5) is 11.4 Å². The van der Waals surface area contributed by atoms with Crippen LogP contribution < -0.4 is 5.32 Å². The van der Waals surface area contributed by atoms with Crippen LogP contribution in [-0.2, 0) is 14.8 Å². The number of anilines is 1. The number of piperidine rings is 1. The minimum Gasteiger partial charge on any atom is -0.326 e. The molecule has 1 unspecified atom stereocenters. The number of amides is 1. The van der Waals surface area contributed by atoms with Crippen LogP contribution in [0.25, 0.3) is 0 Å². The van der Waals surface area contributed by atoms with Crippen molar-refractivity contribution in [3.8, 4) is 0 Å². The Balaban J connectivity index is 2.10. The van der Waals surface area contributed by atoms with Gasteiger partial charge in [0.2, 0.25) is 15.9 Å². The van der Waals surface area contributed by atoms with Crippen LogP contribution in [0.3, 0.4) is 0 Å². The monoisotopic (exact) mass is 341 g/mol. The molecule has 0 saturated carbocycles. The number of nitro benzene ring substituents is 1. The molecule has 1 aliphatic rings. The Morgan fingerprint density at radius 1 is 1.43 bits per heavy atom. The van der Waals surface area contributed by atoms with E-state index in [-0.39, 0.29) is 18.1 Å². The summed E-state index contributed by atoms with van der Waals surface area (Å²) >= 11 is 0. The number of aryl methyl sites for hydroxylation is 1. The summed E-state index contributed by atoms with van der Waals surface area (Å²) in [7, 11) is -3.32. The Kier molecular flexibility index (Phi) is 5.00. The van der Waals surface area contributed by atoms with Crippen molar-refractivity contribution < 1.29 is 18.1 Å². The quantitative estimate of drug-likeness (QED) is 0.659. The normalized spacial score (nSPS) is 19.3. The third-order valence-corrected chi connectivity index (χ3v) is 5.17. The van der Waals surface area contributed by atoms with Gasteiger partial charge in [-0.2, -0.15) is 0 Å². The van der Waals surface area contributed by atoms with Gasteiger partial charge in [-0.05, 0) is 25.8 Å². The van der Waals surface area contributed by atoms with E-state index in [2.05, 4.69) is 5.32 Å². The minimum atomic E-state index is -3.32. The molecule has 0 spiro atoms. The van der Waals surface area contributed by atoms with Crippen LogP contribution in [0.5, 0.6) is 0 Å². The Hall–Kier alpha value is -2.00. The van der Waals surface area contributed by atoms with Crippen LogP contribution in [0.2, 0.25) is 0 Å². The summed E-state index contributed by atoms with van der Waals surface area (Å²) in [6, 6.07) is 4.47. The third kappa shape index (κ3) is 4.26. The van der Waals surface area contributed by atoms with E-state index in [1.807, 2.05) is 0 Å². The molecule has 23 heavy (non-hydrogen) atoms. The molecular weight excluding hydrogens is 322 g/mol. The molecule has 1 saturated heterocycles. The lowest BCUT2D eigenvalue weighted by atomic mass is 9.98. The van der Waals surface area contributed by atoms with E-state index in [1.54, 1.807) is 19.1 Å². The number of carbonyl (C=O) groups excluding carboxylic acids is 1. The molecule has 1 atom stereocenters. The van der Waals surface area contributed by atoms with Gasteiger partial charge in [-0.1, -0.05) is 6.07 Å². The zero-order valence-electron chi connectivity index (χ0n) is 13.0. The smallest absolute Gasteiger partial charge is 0.274 e. The van der Waals surface area contributed by atoms with E-state index in [0.717, 1.165) is 6.26 Å². The highest BCUT2D eigenvalue weighted by Crippen LogP contribution is 2.24. The summed E-state index contributed by atoms with van der Waals surface area (Å²) in [5, 5.41) is 13.6. The number of nitrogens with zero attached hydrogens (tertiary/aromatic N) is 2. The van der Waals surface area contributed by atoms with E-state index in [9.17, 15) is 23.3 Å². The fourth-order valence-corrected chi connectivity index (χ4v) is 3.50.